The summed E-state index contributed by atoms with van der Waals surface area (Å²) in [6.07, 6.45) is 1.55. The van der Waals surface area contributed by atoms with Crippen molar-refractivity contribution < 1.29 is 4.74 Å². The van der Waals surface area contributed by atoms with E-state index in [9.17, 15) is 0 Å². The number of hydrogen-bond donors (Lipinski definition) is 2. The van der Waals surface area contributed by atoms with Crippen molar-refractivity contribution in [2.45, 2.75) is 0 Å². The fourth-order valence-electron chi connectivity index (χ4n) is 0.852. The number of benzene rings is 1. The van der Waals surface area contributed by atoms with Gasteiger partial charge in [-0.25, -0.2) is 0 Å². The Bertz CT molecular complexity index is 338. The van der Waals surface area contributed by atoms with Crippen molar-refractivity contribution in [3.05, 3.63) is 29.8 Å². The van der Waals surface area contributed by atoms with Gasteiger partial charge < -0.3 is 16.2 Å². The van der Waals surface area contributed by atoms with Crippen molar-refractivity contribution in [1.29, 1.82) is 0 Å². The van der Waals surface area contributed by atoms with E-state index in [1.165, 1.54) is 0 Å². The zero-order valence-electron chi connectivity index (χ0n) is 7.84. The van der Waals surface area contributed by atoms with Crippen LogP contribution in [0.15, 0.2) is 34.5 Å². The maximum Gasteiger partial charge on any atom is 0.211 e. The van der Waals surface area contributed by atoms with E-state index in [-0.39, 0.29) is 5.96 Å². The number of guanidine groups is 1. The minimum absolute atomic E-state index is 0.0604. The van der Waals surface area contributed by atoms with Gasteiger partial charge in [-0.1, -0.05) is 0 Å². The Morgan fingerprint density at radius 1 is 1.29 bits per heavy atom. The second-order valence-corrected chi connectivity index (χ2v) is 2.54. The van der Waals surface area contributed by atoms with E-state index >= 15 is 0 Å². The molecule has 0 heterocycles. The molecule has 0 saturated heterocycles. The predicted molar refractivity (Wildman–Crippen MR) is 56.4 cm³/mol. The number of ether oxygens (including phenoxy) is 1. The highest BCUT2D eigenvalue weighted by atomic mass is 16.5. The second-order valence-electron chi connectivity index (χ2n) is 2.54. The molecule has 14 heavy (non-hydrogen) atoms. The fourth-order valence-corrected chi connectivity index (χ4v) is 0.852. The van der Waals surface area contributed by atoms with E-state index in [0.717, 1.165) is 11.3 Å². The molecule has 0 aliphatic carbocycles. The first-order valence-electron chi connectivity index (χ1n) is 3.98. The highest BCUT2D eigenvalue weighted by Gasteiger charge is 1.89. The van der Waals surface area contributed by atoms with Crippen LogP contribution in [0.2, 0.25) is 0 Å². The lowest BCUT2D eigenvalue weighted by Gasteiger charge is -1.97. The first-order valence-corrected chi connectivity index (χ1v) is 3.98. The minimum atomic E-state index is -0.0604. The lowest BCUT2D eigenvalue weighted by atomic mass is 10.2. The van der Waals surface area contributed by atoms with Crippen LogP contribution in [0.5, 0.6) is 5.75 Å². The fraction of sp³-hybridized carbons (Fsp3) is 0.111. The summed E-state index contributed by atoms with van der Waals surface area (Å²) in [4.78, 5) is 0. The first-order chi connectivity index (χ1) is 6.72. The topological polar surface area (TPSA) is 86.0 Å². The molecule has 5 nitrogen and oxygen atoms in total. The Balaban J connectivity index is 2.69. The van der Waals surface area contributed by atoms with E-state index in [4.69, 9.17) is 16.2 Å². The Morgan fingerprint density at radius 3 is 2.43 bits per heavy atom. The molecule has 1 aromatic rings. The molecule has 1 aromatic carbocycles. The zero-order valence-corrected chi connectivity index (χ0v) is 7.84. The summed E-state index contributed by atoms with van der Waals surface area (Å²) in [6.45, 7) is 0. The Labute approximate surface area is 82.1 Å². The van der Waals surface area contributed by atoms with Crippen LogP contribution in [0.1, 0.15) is 5.56 Å². The largest absolute Gasteiger partial charge is 0.497 e. The average molecular weight is 192 g/mol. The van der Waals surface area contributed by atoms with Gasteiger partial charge in [0.15, 0.2) is 0 Å². The van der Waals surface area contributed by atoms with Gasteiger partial charge in [0, 0.05) is 0 Å². The smallest absolute Gasteiger partial charge is 0.211 e. The minimum Gasteiger partial charge on any atom is -0.497 e. The molecule has 4 N–H and O–H groups in total. The monoisotopic (exact) mass is 192 g/mol. The van der Waals surface area contributed by atoms with Gasteiger partial charge in [-0.05, 0) is 29.8 Å². The standard InChI is InChI=1S/C9H12N4O/c1-14-8-4-2-7(3-5-8)6-12-13-9(10)11/h2-6H,1H3,(H4,10,11,13). The molecule has 0 radical (unpaired) electrons. The summed E-state index contributed by atoms with van der Waals surface area (Å²) < 4.78 is 5.00. The molecule has 5 heteroatoms. The number of nitrogens with zero attached hydrogens (tertiary/aromatic N) is 2. The van der Waals surface area contributed by atoms with Crippen molar-refractivity contribution in [2.24, 2.45) is 21.7 Å². The van der Waals surface area contributed by atoms with E-state index in [1.54, 1.807) is 13.3 Å². The van der Waals surface area contributed by atoms with Crippen LogP contribution in [0.4, 0.5) is 0 Å². The highest BCUT2D eigenvalue weighted by Crippen LogP contribution is 2.09. The molecule has 0 aliphatic rings. The maximum absolute atomic E-state index is 5.10. The third kappa shape index (κ3) is 3.14. The van der Waals surface area contributed by atoms with Gasteiger partial charge in [0.25, 0.3) is 0 Å². The van der Waals surface area contributed by atoms with Crippen molar-refractivity contribution in [2.75, 3.05) is 7.11 Å². The van der Waals surface area contributed by atoms with Gasteiger partial charge in [0.2, 0.25) is 5.96 Å². The van der Waals surface area contributed by atoms with Gasteiger partial charge in [0.1, 0.15) is 5.75 Å². The van der Waals surface area contributed by atoms with Crippen LogP contribution in [-0.2, 0) is 0 Å². The molecule has 0 spiro atoms. The van der Waals surface area contributed by atoms with Gasteiger partial charge in [0.05, 0.1) is 13.3 Å². The molecule has 74 valence electrons. The molecule has 0 fully saturated rings. The van der Waals surface area contributed by atoms with Crippen LogP contribution in [0, 0.1) is 0 Å². The van der Waals surface area contributed by atoms with Gasteiger partial charge in [-0.2, -0.15) is 5.10 Å². The van der Waals surface area contributed by atoms with Crippen LogP contribution < -0.4 is 16.2 Å². The van der Waals surface area contributed by atoms with E-state index in [0.29, 0.717) is 0 Å². The highest BCUT2D eigenvalue weighted by molar-refractivity contribution is 5.81. The second kappa shape index (κ2) is 4.86. The Kier molecular flexibility index (Phi) is 3.49. The number of rotatable bonds is 3. The van der Waals surface area contributed by atoms with Gasteiger partial charge in [-0.3, -0.25) is 0 Å². The number of hydrogen-bond acceptors (Lipinski definition) is 3. The molecule has 0 unspecified atom stereocenters. The molecule has 0 saturated carbocycles. The van der Waals surface area contributed by atoms with Crippen LogP contribution in [-0.4, -0.2) is 19.3 Å². The maximum atomic E-state index is 5.10. The predicted octanol–water partition coefficient (Wildman–Crippen LogP) is 0.302. The van der Waals surface area contributed by atoms with Crippen molar-refractivity contribution in [3.63, 3.8) is 0 Å². The van der Waals surface area contributed by atoms with Crippen molar-refractivity contribution in [3.8, 4) is 5.75 Å². The lowest BCUT2D eigenvalue weighted by Crippen LogP contribution is -2.21. The molecule has 0 atom stereocenters. The summed E-state index contributed by atoms with van der Waals surface area (Å²) >= 11 is 0. The first kappa shape index (κ1) is 10.0. The van der Waals surface area contributed by atoms with E-state index < -0.39 is 0 Å². The Morgan fingerprint density at radius 2 is 1.93 bits per heavy atom. The number of nitrogens with two attached hydrogens (primary N) is 2. The van der Waals surface area contributed by atoms with Crippen molar-refractivity contribution in [1.82, 2.24) is 0 Å². The summed E-state index contributed by atoms with van der Waals surface area (Å²) in [5, 5.41) is 7.14. The average Bonchev–Trinajstić information content (AvgIpc) is 2.18. The molecular weight excluding hydrogens is 180 g/mol. The van der Waals surface area contributed by atoms with Gasteiger partial charge >= 0.3 is 0 Å². The summed E-state index contributed by atoms with van der Waals surface area (Å²) in [6, 6.07) is 7.36. The lowest BCUT2D eigenvalue weighted by molar-refractivity contribution is 0.415. The van der Waals surface area contributed by atoms with E-state index in [2.05, 4.69) is 10.2 Å². The van der Waals surface area contributed by atoms with E-state index in [1.807, 2.05) is 24.3 Å². The third-order valence-electron chi connectivity index (χ3n) is 1.50. The normalized spacial score (nSPS) is 10.1. The molecule has 0 aromatic heterocycles. The summed E-state index contributed by atoms with van der Waals surface area (Å²) in [5.74, 6) is 0.735. The Hall–Kier alpha value is -2.04. The molecule has 0 bridgehead atoms. The molecule has 0 aliphatic heterocycles. The summed E-state index contributed by atoms with van der Waals surface area (Å²) in [5.41, 5.74) is 11.1. The quantitative estimate of drug-likeness (QED) is 0.410. The van der Waals surface area contributed by atoms with Crippen LogP contribution in [0.25, 0.3) is 0 Å². The van der Waals surface area contributed by atoms with Crippen molar-refractivity contribution >= 4 is 12.2 Å². The number of methoxy groups -OCH3 is 1. The van der Waals surface area contributed by atoms with Crippen LogP contribution >= 0.6 is 0 Å². The van der Waals surface area contributed by atoms with Gasteiger partial charge in [-0.15, -0.1) is 5.10 Å². The molecular formula is C9H12N4O. The SMILES string of the molecule is COc1ccc(C=NN=C(N)N)cc1. The molecule has 1 rings (SSSR count). The zero-order chi connectivity index (χ0) is 10.4. The third-order valence-corrected chi connectivity index (χ3v) is 1.50. The summed E-state index contributed by atoms with van der Waals surface area (Å²) in [7, 11) is 1.61. The van der Waals surface area contributed by atoms with Crippen LogP contribution in [0.3, 0.4) is 0 Å². The molecule has 0 amide bonds.